The highest BCUT2D eigenvalue weighted by atomic mass is 35.5. The van der Waals surface area contributed by atoms with Crippen LogP contribution in [0.5, 0.6) is 0 Å². The Morgan fingerprint density at radius 3 is 2.67 bits per heavy atom. The van der Waals surface area contributed by atoms with Crippen LogP contribution < -0.4 is 0 Å². The van der Waals surface area contributed by atoms with Gasteiger partial charge in [0.05, 0.1) is 6.04 Å². The summed E-state index contributed by atoms with van der Waals surface area (Å²) in [7, 11) is 0. The van der Waals surface area contributed by atoms with E-state index >= 15 is 0 Å². The highest BCUT2D eigenvalue weighted by molar-refractivity contribution is 6.27. The van der Waals surface area contributed by atoms with Gasteiger partial charge in [-0.15, -0.1) is 11.6 Å². The summed E-state index contributed by atoms with van der Waals surface area (Å²) in [6, 6.07) is 9.58. The Bertz CT molecular complexity index is 550. The molecule has 1 saturated heterocycles. The number of carbonyl (C=O) groups is 2. The predicted molar refractivity (Wildman–Crippen MR) is 93.9 cm³/mol. The number of piperidine rings is 1. The van der Waals surface area contributed by atoms with Gasteiger partial charge in [-0.1, -0.05) is 30.3 Å². The van der Waals surface area contributed by atoms with Crippen molar-refractivity contribution in [2.24, 2.45) is 0 Å². The Kier molecular flexibility index (Phi) is 6.91. The third kappa shape index (κ3) is 4.87. The van der Waals surface area contributed by atoms with E-state index in [4.69, 9.17) is 16.3 Å². The topological polar surface area (TPSA) is 49.9 Å². The van der Waals surface area contributed by atoms with E-state index < -0.39 is 0 Å². The Labute approximate surface area is 148 Å². The molecule has 0 aromatic heterocycles. The zero-order valence-electron chi connectivity index (χ0n) is 14.3. The van der Waals surface area contributed by atoms with Crippen molar-refractivity contribution in [2.75, 3.05) is 19.0 Å². The lowest BCUT2D eigenvalue weighted by atomic mass is 10.0. The maximum absolute atomic E-state index is 12.6. The summed E-state index contributed by atoms with van der Waals surface area (Å²) in [5, 5.41) is 0. The molecule has 2 rings (SSSR count). The Morgan fingerprint density at radius 1 is 1.33 bits per heavy atom. The molecule has 1 aromatic carbocycles. The van der Waals surface area contributed by atoms with Crippen LogP contribution in [0.3, 0.4) is 0 Å². The molecule has 0 radical (unpaired) electrons. The smallest absolute Gasteiger partial charge is 0.410 e. The number of nitrogens with zero attached hydrogens (tertiary/aromatic N) is 2. The van der Waals surface area contributed by atoms with Crippen LogP contribution in [-0.4, -0.2) is 52.9 Å². The summed E-state index contributed by atoms with van der Waals surface area (Å²) in [6.07, 6.45) is 1.40. The quantitative estimate of drug-likeness (QED) is 0.764. The lowest BCUT2D eigenvalue weighted by molar-refractivity contribution is -0.130. The number of rotatable bonds is 5. The van der Waals surface area contributed by atoms with Crippen molar-refractivity contribution in [2.45, 2.75) is 45.4 Å². The second kappa shape index (κ2) is 8.92. The van der Waals surface area contributed by atoms with Crippen LogP contribution in [0.25, 0.3) is 0 Å². The van der Waals surface area contributed by atoms with Crippen LogP contribution >= 0.6 is 11.6 Å². The maximum Gasteiger partial charge on any atom is 0.410 e. The maximum atomic E-state index is 12.6. The second-order valence-electron chi connectivity index (χ2n) is 6.31. The molecule has 1 fully saturated rings. The minimum Gasteiger partial charge on any atom is -0.445 e. The van der Waals surface area contributed by atoms with Crippen molar-refractivity contribution >= 4 is 23.6 Å². The predicted octanol–water partition coefficient (Wildman–Crippen LogP) is 3.26. The summed E-state index contributed by atoms with van der Waals surface area (Å²) in [4.78, 5) is 27.9. The summed E-state index contributed by atoms with van der Waals surface area (Å²) in [5.41, 5.74) is 0.956. The van der Waals surface area contributed by atoms with Gasteiger partial charge in [0.25, 0.3) is 0 Å². The van der Waals surface area contributed by atoms with E-state index in [1.165, 1.54) is 0 Å². The van der Waals surface area contributed by atoms with Gasteiger partial charge in [-0.2, -0.15) is 0 Å². The summed E-state index contributed by atoms with van der Waals surface area (Å²) >= 11 is 5.66. The molecule has 24 heavy (non-hydrogen) atoms. The molecule has 0 spiro atoms. The fraction of sp³-hybridized carbons (Fsp3) is 0.556. The monoisotopic (exact) mass is 352 g/mol. The molecule has 0 bridgehead atoms. The van der Waals surface area contributed by atoms with E-state index in [-0.39, 0.29) is 36.6 Å². The molecule has 1 aromatic rings. The zero-order valence-corrected chi connectivity index (χ0v) is 15.0. The highest BCUT2D eigenvalue weighted by Crippen LogP contribution is 2.20. The largest absolute Gasteiger partial charge is 0.445 e. The van der Waals surface area contributed by atoms with E-state index in [9.17, 15) is 9.59 Å². The van der Waals surface area contributed by atoms with Crippen molar-refractivity contribution in [1.82, 2.24) is 9.80 Å². The van der Waals surface area contributed by atoms with Crippen LogP contribution in [0.2, 0.25) is 0 Å². The van der Waals surface area contributed by atoms with Gasteiger partial charge in [0, 0.05) is 19.1 Å². The summed E-state index contributed by atoms with van der Waals surface area (Å²) in [5.74, 6) is -0.102. The van der Waals surface area contributed by atoms with E-state index in [0.29, 0.717) is 13.1 Å². The summed E-state index contributed by atoms with van der Waals surface area (Å²) < 4.78 is 5.48. The third-order valence-electron chi connectivity index (χ3n) is 4.23. The van der Waals surface area contributed by atoms with Gasteiger partial charge in [0.2, 0.25) is 5.91 Å². The average Bonchev–Trinajstić information content (AvgIpc) is 2.60. The Morgan fingerprint density at radius 2 is 2.04 bits per heavy atom. The van der Waals surface area contributed by atoms with E-state index in [0.717, 1.165) is 18.4 Å². The first-order chi connectivity index (χ1) is 11.5. The molecular formula is C18H25ClN2O3. The molecule has 0 saturated carbocycles. The van der Waals surface area contributed by atoms with Crippen molar-refractivity contribution < 1.29 is 14.3 Å². The number of carbonyl (C=O) groups excluding carboxylic acids is 2. The second-order valence-corrected chi connectivity index (χ2v) is 6.58. The van der Waals surface area contributed by atoms with Crippen molar-refractivity contribution in [3.63, 3.8) is 0 Å². The number of benzene rings is 1. The highest BCUT2D eigenvalue weighted by Gasteiger charge is 2.32. The molecule has 132 valence electrons. The number of likely N-dealkylation sites (tertiary alicyclic amines) is 1. The molecular weight excluding hydrogens is 328 g/mol. The first-order valence-electron chi connectivity index (χ1n) is 8.35. The lowest BCUT2D eigenvalue weighted by Gasteiger charge is -2.40. The van der Waals surface area contributed by atoms with Crippen molar-refractivity contribution in [3.8, 4) is 0 Å². The molecule has 1 aliphatic heterocycles. The molecule has 1 aliphatic rings. The van der Waals surface area contributed by atoms with E-state index in [1.54, 1.807) is 9.80 Å². The van der Waals surface area contributed by atoms with Gasteiger partial charge in [0.15, 0.2) is 0 Å². The molecule has 1 heterocycles. The van der Waals surface area contributed by atoms with Gasteiger partial charge in [-0.25, -0.2) is 4.79 Å². The Hall–Kier alpha value is -1.75. The zero-order chi connectivity index (χ0) is 17.5. The van der Waals surface area contributed by atoms with Crippen molar-refractivity contribution in [3.05, 3.63) is 35.9 Å². The molecule has 0 aliphatic carbocycles. The normalized spacial score (nSPS) is 17.7. The molecule has 0 N–H and O–H groups in total. The number of hydrogen-bond acceptors (Lipinski definition) is 3. The van der Waals surface area contributed by atoms with Gasteiger partial charge >= 0.3 is 6.09 Å². The van der Waals surface area contributed by atoms with Crippen LogP contribution in [0, 0.1) is 0 Å². The fourth-order valence-corrected chi connectivity index (χ4v) is 3.24. The molecule has 6 heteroatoms. The van der Waals surface area contributed by atoms with E-state index in [2.05, 4.69) is 0 Å². The standard InChI is InChI=1S/C18H25ClN2O3/c1-14(2)21(16-9-6-10-20(12-16)17(22)11-19)18(23)24-13-15-7-4-3-5-8-15/h3-5,7-8,14,16H,6,9-13H2,1-2H3. The SMILES string of the molecule is CC(C)N(C(=O)OCc1ccccc1)C1CCCN(C(=O)CCl)C1. The minimum absolute atomic E-state index is 0.00401. The number of halogens is 1. The van der Waals surface area contributed by atoms with Crippen LogP contribution in [0.4, 0.5) is 4.79 Å². The van der Waals surface area contributed by atoms with E-state index in [1.807, 2.05) is 44.2 Å². The van der Waals surface area contributed by atoms with Gasteiger partial charge in [-0.05, 0) is 32.3 Å². The minimum atomic E-state index is -0.334. The van der Waals surface area contributed by atoms with Gasteiger partial charge in [-0.3, -0.25) is 4.79 Å². The van der Waals surface area contributed by atoms with Crippen LogP contribution in [0.15, 0.2) is 30.3 Å². The first kappa shape index (κ1) is 18.6. The third-order valence-corrected chi connectivity index (χ3v) is 4.46. The number of amides is 2. The van der Waals surface area contributed by atoms with Gasteiger partial charge < -0.3 is 14.5 Å². The summed E-state index contributed by atoms with van der Waals surface area (Å²) in [6.45, 7) is 5.40. The molecule has 1 atom stereocenters. The molecule has 5 nitrogen and oxygen atoms in total. The van der Waals surface area contributed by atoms with Gasteiger partial charge in [0.1, 0.15) is 12.5 Å². The number of hydrogen-bond donors (Lipinski definition) is 0. The average molecular weight is 353 g/mol. The molecule has 2 amide bonds. The lowest BCUT2D eigenvalue weighted by Crippen LogP contribution is -2.54. The fourth-order valence-electron chi connectivity index (χ4n) is 3.07. The Balaban J connectivity index is 1.99. The van der Waals surface area contributed by atoms with Crippen LogP contribution in [0.1, 0.15) is 32.3 Å². The number of ether oxygens (including phenoxy) is 1. The first-order valence-corrected chi connectivity index (χ1v) is 8.89. The number of alkyl halides is 1. The van der Waals surface area contributed by atoms with Crippen molar-refractivity contribution in [1.29, 1.82) is 0 Å². The molecule has 1 unspecified atom stereocenters. The van der Waals surface area contributed by atoms with Crippen LogP contribution in [-0.2, 0) is 16.1 Å².